The molecule has 1 aromatic heterocycles. The van der Waals surface area contributed by atoms with Crippen molar-refractivity contribution in [3.8, 4) is 23.1 Å². The number of rotatable bonds is 7. The number of carbonyl (C=O) groups excluding carboxylic acids is 1. The highest BCUT2D eigenvalue weighted by Crippen LogP contribution is 2.51. The monoisotopic (exact) mass is 531 g/mol. The Morgan fingerprint density at radius 3 is 2.62 bits per heavy atom. The molecular formula is C30H37N5O4. The van der Waals surface area contributed by atoms with E-state index in [1.54, 1.807) is 17.0 Å². The second-order valence-electron chi connectivity index (χ2n) is 11.4. The van der Waals surface area contributed by atoms with Crippen molar-refractivity contribution in [1.82, 2.24) is 15.1 Å². The van der Waals surface area contributed by atoms with Crippen LogP contribution in [-0.2, 0) is 9.47 Å². The first-order valence-corrected chi connectivity index (χ1v) is 13.9. The van der Waals surface area contributed by atoms with Crippen molar-refractivity contribution in [2.24, 2.45) is 0 Å². The summed E-state index contributed by atoms with van der Waals surface area (Å²) in [5.74, 6) is 1.83. The first kappa shape index (κ1) is 26.9. The molecule has 2 aromatic rings. The zero-order valence-corrected chi connectivity index (χ0v) is 23.2. The molecule has 0 saturated carbocycles. The molecule has 0 spiro atoms. The number of benzene rings is 1. The van der Waals surface area contributed by atoms with Crippen LogP contribution in [0.25, 0.3) is 11.3 Å². The fourth-order valence-corrected chi connectivity index (χ4v) is 5.70. The molecule has 6 rings (SSSR count). The number of fused-ring (bicyclic) bond motifs is 1. The third-order valence-electron chi connectivity index (χ3n) is 7.44. The molecule has 2 bridgehead atoms. The van der Waals surface area contributed by atoms with Gasteiger partial charge in [-0.2, -0.15) is 5.26 Å². The van der Waals surface area contributed by atoms with Crippen LogP contribution in [0.1, 0.15) is 81.9 Å². The zero-order chi connectivity index (χ0) is 27.6. The summed E-state index contributed by atoms with van der Waals surface area (Å²) in [7, 11) is 0. The van der Waals surface area contributed by atoms with E-state index in [0.29, 0.717) is 31.0 Å². The Balaban J connectivity index is 1.46. The molecular weight excluding hydrogens is 494 g/mol. The number of piperidine rings is 1. The van der Waals surface area contributed by atoms with Crippen molar-refractivity contribution in [1.29, 1.82) is 5.26 Å². The molecule has 1 aliphatic heterocycles. The lowest BCUT2D eigenvalue weighted by molar-refractivity contribution is 0.0205. The highest BCUT2D eigenvalue weighted by Gasteiger charge is 2.37. The second-order valence-corrected chi connectivity index (χ2v) is 11.4. The summed E-state index contributed by atoms with van der Waals surface area (Å²) in [6.45, 7) is 9.44. The quantitative estimate of drug-likeness (QED) is 0.274. The zero-order valence-electron chi connectivity index (χ0n) is 23.2. The van der Waals surface area contributed by atoms with E-state index in [0.717, 1.165) is 48.3 Å². The third-order valence-corrected chi connectivity index (χ3v) is 7.44. The van der Waals surface area contributed by atoms with Crippen LogP contribution in [0, 0.1) is 11.3 Å². The lowest BCUT2D eigenvalue weighted by atomic mass is 9.70. The van der Waals surface area contributed by atoms with Crippen molar-refractivity contribution in [2.75, 3.05) is 31.8 Å². The van der Waals surface area contributed by atoms with Crippen LogP contribution in [0.15, 0.2) is 30.4 Å². The van der Waals surface area contributed by atoms with Crippen LogP contribution in [0.2, 0.25) is 0 Å². The number of hydrogen-bond donors (Lipinski definition) is 1. The van der Waals surface area contributed by atoms with Crippen molar-refractivity contribution < 1.29 is 19.0 Å². The first-order chi connectivity index (χ1) is 18.8. The number of amides is 1. The predicted molar refractivity (Wildman–Crippen MR) is 148 cm³/mol. The third kappa shape index (κ3) is 5.86. The lowest BCUT2D eigenvalue weighted by Gasteiger charge is -2.38. The van der Waals surface area contributed by atoms with Gasteiger partial charge in [-0.25, -0.2) is 4.79 Å². The molecule has 9 heteroatoms. The molecule has 1 aromatic carbocycles. The number of allylic oxidation sites excluding steroid dienone is 2. The Labute approximate surface area is 230 Å². The summed E-state index contributed by atoms with van der Waals surface area (Å²) in [5, 5.41) is 22.6. The molecule has 206 valence electrons. The Hall–Kier alpha value is -3.64. The minimum Gasteiger partial charge on any atom is -0.467 e. The van der Waals surface area contributed by atoms with E-state index in [1.807, 2.05) is 33.8 Å². The molecule has 1 fully saturated rings. The van der Waals surface area contributed by atoms with Crippen LogP contribution < -0.4 is 10.1 Å². The molecule has 3 aliphatic carbocycles. The largest absolute Gasteiger partial charge is 0.467 e. The second kappa shape index (κ2) is 11.2. The minimum absolute atomic E-state index is 0.0555. The maximum Gasteiger partial charge on any atom is 0.410 e. The summed E-state index contributed by atoms with van der Waals surface area (Å²) >= 11 is 0. The number of nitriles is 1. The number of hydrogen-bond acceptors (Lipinski definition) is 8. The number of anilines is 1. The van der Waals surface area contributed by atoms with Crippen LogP contribution in [-0.4, -0.2) is 59.3 Å². The molecule has 9 nitrogen and oxygen atoms in total. The standard InChI is InChI=1S/C30H37N5O4/c1-5-37-18-38-24-15-19(16-31)8-13-23(24)27-25-20-9-11-21(12-10-20)26(25)28(34-33-27)32-22-7-6-14-35(17-22)29(36)39-30(2,3)4/h8-9,11,13,15,20-22H,5-7,10,12,14,17-18H2,1-4H3,(H,32,34)/t20?,21?,22-/m1/s1. The first-order valence-electron chi connectivity index (χ1n) is 13.9. The molecule has 1 amide bonds. The van der Waals surface area contributed by atoms with Crippen molar-refractivity contribution in [3.63, 3.8) is 0 Å². The van der Waals surface area contributed by atoms with Gasteiger partial charge in [0.2, 0.25) is 0 Å². The SMILES string of the molecule is CCOCOc1cc(C#N)ccc1-c1nnc(N[C@@H]2CCCN(C(=O)OC(C)(C)C)C2)c2c1C1C=CC2CC1. The number of likely N-dealkylation sites (tertiary alicyclic amines) is 1. The smallest absolute Gasteiger partial charge is 0.410 e. The average Bonchev–Trinajstić information content (AvgIpc) is 2.93. The summed E-state index contributed by atoms with van der Waals surface area (Å²) in [4.78, 5) is 14.5. The van der Waals surface area contributed by atoms with Gasteiger partial charge in [-0.3, -0.25) is 0 Å². The maximum atomic E-state index is 12.7. The number of aromatic nitrogens is 2. The van der Waals surface area contributed by atoms with E-state index >= 15 is 0 Å². The Kier molecular flexibility index (Phi) is 7.76. The van der Waals surface area contributed by atoms with Crippen LogP contribution >= 0.6 is 0 Å². The Bertz CT molecular complexity index is 1300. The summed E-state index contributed by atoms with van der Waals surface area (Å²) < 4.78 is 17.0. The number of ether oxygens (including phenoxy) is 3. The van der Waals surface area contributed by atoms with Gasteiger partial charge in [-0.05, 0) is 77.1 Å². The topological polar surface area (TPSA) is 110 Å². The highest BCUT2D eigenvalue weighted by molar-refractivity contribution is 5.76. The number of nitrogens with zero attached hydrogens (tertiary/aromatic N) is 4. The average molecular weight is 532 g/mol. The van der Waals surface area contributed by atoms with Crippen molar-refractivity contribution in [3.05, 3.63) is 47.0 Å². The van der Waals surface area contributed by atoms with Gasteiger partial charge in [-0.1, -0.05) is 12.2 Å². The summed E-state index contributed by atoms with van der Waals surface area (Å²) in [5.41, 5.74) is 3.91. The van der Waals surface area contributed by atoms with Gasteiger partial charge < -0.3 is 24.4 Å². The van der Waals surface area contributed by atoms with E-state index < -0.39 is 5.60 Å². The van der Waals surface area contributed by atoms with Gasteiger partial charge in [0.05, 0.1) is 11.6 Å². The van der Waals surface area contributed by atoms with Gasteiger partial charge in [-0.15, -0.1) is 10.2 Å². The molecule has 1 N–H and O–H groups in total. The van der Waals surface area contributed by atoms with Crippen LogP contribution in [0.5, 0.6) is 5.75 Å². The lowest BCUT2D eigenvalue weighted by Crippen LogP contribution is -2.47. The minimum atomic E-state index is -0.528. The molecule has 4 aliphatic rings. The maximum absolute atomic E-state index is 12.7. The van der Waals surface area contributed by atoms with Crippen molar-refractivity contribution in [2.45, 2.75) is 76.9 Å². The van der Waals surface area contributed by atoms with E-state index in [-0.39, 0.29) is 30.8 Å². The molecule has 1 saturated heterocycles. The number of nitrogens with one attached hydrogen (secondary N) is 1. The normalized spacial score (nSPS) is 21.7. The van der Waals surface area contributed by atoms with E-state index in [2.05, 4.69) is 23.5 Å². The Morgan fingerprint density at radius 1 is 1.15 bits per heavy atom. The van der Waals surface area contributed by atoms with Crippen molar-refractivity contribution >= 4 is 11.9 Å². The van der Waals surface area contributed by atoms with E-state index in [9.17, 15) is 10.1 Å². The van der Waals surface area contributed by atoms with Gasteiger partial charge in [0.1, 0.15) is 17.0 Å². The summed E-state index contributed by atoms with van der Waals surface area (Å²) in [6, 6.07) is 7.66. The molecule has 39 heavy (non-hydrogen) atoms. The Morgan fingerprint density at radius 2 is 1.92 bits per heavy atom. The van der Waals surface area contributed by atoms with Gasteiger partial charge in [0.25, 0.3) is 0 Å². The highest BCUT2D eigenvalue weighted by atomic mass is 16.7. The fourth-order valence-electron chi connectivity index (χ4n) is 5.70. The molecule has 2 unspecified atom stereocenters. The van der Waals surface area contributed by atoms with Gasteiger partial charge >= 0.3 is 6.09 Å². The molecule has 3 atom stereocenters. The van der Waals surface area contributed by atoms with Gasteiger partial charge in [0, 0.05) is 48.7 Å². The van der Waals surface area contributed by atoms with E-state index in [4.69, 9.17) is 24.4 Å². The summed E-state index contributed by atoms with van der Waals surface area (Å²) in [6.07, 6.45) is 8.22. The fraction of sp³-hybridized carbons (Fsp3) is 0.533. The van der Waals surface area contributed by atoms with Gasteiger partial charge in [0.15, 0.2) is 12.6 Å². The molecule has 2 heterocycles. The molecule has 0 radical (unpaired) electrons. The number of carbonyl (C=O) groups is 1. The van der Waals surface area contributed by atoms with Crippen LogP contribution in [0.3, 0.4) is 0 Å². The van der Waals surface area contributed by atoms with E-state index in [1.165, 1.54) is 5.56 Å². The predicted octanol–water partition coefficient (Wildman–Crippen LogP) is 5.73. The van der Waals surface area contributed by atoms with Crippen LogP contribution in [0.4, 0.5) is 10.6 Å².